The summed E-state index contributed by atoms with van der Waals surface area (Å²) in [6, 6.07) is 2.52. The van der Waals surface area contributed by atoms with Crippen molar-refractivity contribution in [1.82, 2.24) is 24.8 Å². The Balaban J connectivity index is 1.60. The maximum atomic E-state index is 11.9. The van der Waals surface area contributed by atoms with Crippen molar-refractivity contribution in [2.75, 3.05) is 6.54 Å². The van der Waals surface area contributed by atoms with Crippen molar-refractivity contribution in [3.8, 4) is 0 Å². The number of carbonyl (C=O) groups is 1. The molecule has 0 radical (unpaired) electrons. The van der Waals surface area contributed by atoms with Gasteiger partial charge in [0.25, 0.3) is 17.0 Å². The third kappa shape index (κ3) is 3.62. The van der Waals surface area contributed by atoms with Gasteiger partial charge in [0.2, 0.25) is 0 Å². The normalized spacial score (nSPS) is 13.7. The summed E-state index contributed by atoms with van der Waals surface area (Å²) in [5.41, 5.74) is -0.890. The van der Waals surface area contributed by atoms with Crippen LogP contribution in [-0.2, 0) is 6.54 Å². The molecule has 1 amide bonds. The molecule has 0 aliphatic heterocycles. The van der Waals surface area contributed by atoms with E-state index in [-0.39, 0.29) is 24.3 Å². The van der Waals surface area contributed by atoms with Crippen LogP contribution in [0.3, 0.4) is 0 Å². The molecule has 0 bridgehead atoms. The molecule has 2 aromatic heterocycles. The summed E-state index contributed by atoms with van der Waals surface area (Å²) in [7, 11) is 0. The molecule has 2 heterocycles. The van der Waals surface area contributed by atoms with Crippen molar-refractivity contribution < 1.29 is 4.79 Å². The molecule has 23 heavy (non-hydrogen) atoms. The highest BCUT2D eigenvalue weighted by Gasteiger charge is 2.25. The third-order valence-corrected chi connectivity index (χ3v) is 3.54. The fourth-order valence-electron chi connectivity index (χ4n) is 2.19. The zero-order valence-corrected chi connectivity index (χ0v) is 12.2. The van der Waals surface area contributed by atoms with Gasteiger partial charge in [0.05, 0.1) is 12.0 Å². The fraction of sp³-hybridized carbons (Fsp3) is 0.357. The van der Waals surface area contributed by atoms with E-state index in [0.717, 1.165) is 24.6 Å². The molecular weight excluding hydrogens is 302 g/mol. The van der Waals surface area contributed by atoms with E-state index in [1.165, 1.54) is 17.0 Å². The topological polar surface area (TPSA) is 130 Å². The first-order chi connectivity index (χ1) is 11.0. The first-order valence-electron chi connectivity index (χ1n) is 7.21. The van der Waals surface area contributed by atoms with Gasteiger partial charge >= 0.3 is 5.69 Å². The highest BCUT2D eigenvalue weighted by Crippen LogP contribution is 2.38. The smallest absolute Gasteiger partial charge is 0.326 e. The van der Waals surface area contributed by atoms with Gasteiger partial charge < -0.3 is 10.3 Å². The van der Waals surface area contributed by atoms with Crippen LogP contribution in [0.25, 0.3) is 0 Å². The van der Waals surface area contributed by atoms with E-state index < -0.39 is 17.2 Å². The molecule has 1 fully saturated rings. The monoisotopic (exact) mass is 317 g/mol. The lowest BCUT2D eigenvalue weighted by atomic mass is 10.3. The van der Waals surface area contributed by atoms with Gasteiger partial charge in [-0.25, -0.2) is 9.78 Å². The van der Waals surface area contributed by atoms with E-state index in [4.69, 9.17) is 0 Å². The molecule has 0 atom stereocenters. The van der Waals surface area contributed by atoms with Crippen molar-refractivity contribution in [2.45, 2.75) is 25.3 Å². The van der Waals surface area contributed by atoms with Crippen LogP contribution in [-0.4, -0.2) is 32.0 Å². The van der Waals surface area contributed by atoms with Gasteiger partial charge in [-0.1, -0.05) is 0 Å². The van der Waals surface area contributed by atoms with Crippen LogP contribution in [0.5, 0.6) is 0 Å². The Morgan fingerprint density at radius 1 is 1.26 bits per heavy atom. The van der Waals surface area contributed by atoms with Crippen LogP contribution in [0.1, 0.15) is 34.9 Å². The lowest BCUT2D eigenvalue weighted by Gasteiger charge is -2.07. The summed E-state index contributed by atoms with van der Waals surface area (Å²) < 4.78 is 1.40. The number of H-pyrrole nitrogens is 2. The molecule has 1 saturated carbocycles. The van der Waals surface area contributed by atoms with E-state index in [1.54, 1.807) is 0 Å². The van der Waals surface area contributed by atoms with E-state index in [1.807, 2.05) is 4.98 Å². The van der Waals surface area contributed by atoms with Crippen LogP contribution in [0.15, 0.2) is 32.8 Å². The summed E-state index contributed by atoms with van der Waals surface area (Å²) in [5, 5.41) is 2.53. The van der Waals surface area contributed by atoms with Gasteiger partial charge in [0, 0.05) is 31.1 Å². The fourth-order valence-corrected chi connectivity index (χ4v) is 2.19. The average Bonchev–Trinajstić information content (AvgIpc) is 3.32. The van der Waals surface area contributed by atoms with Crippen LogP contribution in [0, 0.1) is 0 Å². The average molecular weight is 317 g/mol. The summed E-state index contributed by atoms with van der Waals surface area (Å²) in [6.45, 7) is 0.411. The predicted octanol–water partition coefficient (Wildman–Crippen LogP) is -1.07. The first-order valence-corrected chi connectivity index (χ1v) is 7.21. The minimum atomic E-state index is -0.751. The molecule has 3 N–H and O–H groups in total. The maximum absolute atomic E-state index is 11.9. The molecule has 9 nitrogen and oxygen atoms in total. The van der Waals surface area contributed by atoms with Gasteiger partial charge in [0.15, 0.2) is 0 Å². The zero-order chi connectivity index (χ0) is 16.4. The molecule has 0 spiro atoms. The third-order valence-electron chi connectivity index (χ3n) is 3.54. The highest BCUT2D eigenvalue weighted by molar-refractivity contribution is 5.91. The lowest BCUT2D eigenvalue weighted by molar-refractivity contribution is 0.0946. The van der Waals surface area contributed by atoms with Crippen molar-refractivity contribution >= 4 is 5.91 Å². The van der Waals surface area contributed by atoms with E-state index in [2.05, 4.69) is 15.3 Å². The Kier molecular flexibility index (Phi) is 3.92. The first kappa shape index (κ1) is 14.9. The molecule has 0 unspecified atom stereocenters. The predicted molar refractivity (Wildman–Crippen MR) is 80.5 cm³/mol. The maximum Gasteiger partial charge on any atom is 0.326 e. The number of amides is 1. The number of nitrogens with zero attached hydrogens (tertiary/aromatic N) is 2. The Morgan fingerprint density at radius 2 is 2.04 bits per heavy atom. The minimum absolute atomic E-state index is 0.131. The molecule has 1 aliphatic carbocycles. The number of aromatic amines is 2. The molecule has 1 aliphatic rings. The van der Waals surface area contributed by atoms with E-state index in [9.17, 15) is 19.2 Å². The van der Waals surface area contributed by atoms with Gasteiger partial charge in [-0.05, 0) is 12.8 Å². The number of hydrogen-bond acceptors (Lipinski definition) is 5. The van der Waals surface area contributed by atoms with Crippen molar-refractivity contribution in [2.24, 2.45) is 0 Å². The molecule has 2 aromatic rings. The number of nitrogens with one attached hydrogen (secondary N) is 3. The van der Waals surface area contributed by atoms with Crippen LogP contribution in [0.4, 0.5) is 0 Å². The second kappa shape index (κ2) is 6.03. The molecule has 120 valence electrons. The summed E-state index contributed by atoms with van der Waals surface area (Å²) in [4.78, 5) is 54.4. The highest BCUT2D eigenvalue weighted by atomic mass is 16.2. The molecular formula is C14H15N5O4. The lowest BCUT2D eigenvalue weighted by Crippen LogP contribution is -2.34. The van der Waals surface area contributed by atoms with E-state index in [0.29, 0.717) is 5.92 Å². The van der Waals surface area contributed by atoms with Gasteiger partial charge in [-0.2, -0.15) is 0 Å². The van der Waals surface area contributed by atoms with Crippen molar-refractivity contribution in [3.63, 3.8) is 0 Å². The van der Waals surface area contributed by atoms with E-state index >= 15 is 0 Å². The Bertz CT molecular complexity index is 878. The number of carbonyl (C=O) groups excluding carboxylic acids is 1. The number of hydrogen-bond donors (Lipinski definition) is 3. The van der Waals surface area contributed by atoms with Crippen LogP contribution in [0.2, 0.25) is 0 Å². The molecule has 0 saturated heterocycles. The standard InChI is InChI=1S/C14H15N5O4/c20-11-5-10(17-14(23)18-11)13(22)15-3-4-19-7-16-9(6-12(19)21)8-1-2-8/h5-8H,1-4H2,(H,15,22)(H2,17,18,20,23). The van der Waals surface area contributed by atoms with Crippen LogP contribution < -0.4 is 22.1 Å². The SMILES string of the molecule is O=C(NCCn1cnc(C2CC2)cc1=O)c1cc(=O)[nH]c(=O)[nH]1. The summed E-state index contributed by atoms with van der Waals surface area (Å²) >= 11 is 0. The van der Waals surface area contributed by atoms with Crippen LogP contribution >= 0.6 is 0 Å². The summed E-state index contributed by atoms with van der Waals surface area (Å²) in [6.07, 6.45) is 3.61. The zero-order valence-electron chi connectivity index (χ0n) is 12.2. The Labute approximate surface area is 129 Å². The molecule has 3 rings (SSSR count). The quantitative estimate of drug-likeness (QED) is 0.646. The Morgan fingerprint density at radius 3 is 2.70 bits per heavy atom. The molecule has 0 aromatic carbocycles. The van der Waals surface area contributed by atoms with Crippen molar-refractivity contribution in [3.05, 3.63) is 61.0 Å². The minimum Gasteiger partial charge on any atom is -0.349 e. The number of aromatic nitrogens is 4. The van der Waals surface area contributed by atoms with Gasteiger partial charge in [-0.3, -0.25) is 23.9 Å². The van der Waals surface area contributed by atoms with Crippen molar-refractivity contribution in [1.29, 1.82) is 0 Å². The second-order valence-corrected chi connectivity index (χ2v) is 5.38. The molecule has 9 heteroatoms. The second-order valence-electron chi connectivity index (χ2n) is 5.38. The largest absolute Gasteiger partial charge is 0.349 e. The number of rotatable bonds is 5. The summed E-state index contributed by atoms with van der Waals surface area (Å²) in [5.74, 6) is -0.186. The Hall–Kier alpha value is -2.97. The van der Waals surface area contributed by atoms with Gasteiger partial charge in [0.1, 0.15) is 5.69 Å². The van der Waals surface area contributed by atoms with Gasteiger partial charge in [-0.15, -0.1) is 0 Å².